The summed E-state index contributed by atoms with van der Waals surface area (Å²) in [6, 6.07) is 5.46. The molecule has 1 amide bonds. The van der Waals surface area contributed by atoms with Crippen molar-refractivity contribution in [1.82, 2.24) is 4.90 Å². The number of ether oxygens (including phenoxy) is 2. The molecule has 0 radical (unpaired) electrons. The lowest BCUT2D eigenvalue weighted by Gasteiger charge is -2.23. The van der Waals surface area contributed by atoms with E-state index in [1.807, 2.05) is 0 Å². The molecule has 0 unspecified atom stereocenters. The Balaban J connectivity index is 1.78. The smallest absolute Gasteiger partial charge is 0.405 e. The van der Waals surface area contributed by atoms with Gasteiger partial charge in [0.25, 0.3) is 5.91 Å². The molecule has 1 spiro atoms. The third kappa shape index (κ3) is 3.04. The van der Waals surface area contributed by atoms with Crippen molar-refractivity contribution in [3.8, 4) is 5.75 Å². The molecule has 0 N–H and O–H groups in total. The molecule has 0 bridgehead atoms. The van der Waals surface area contributed by atoms with Gasteiger partial charge in [-0.25, -0.2) is 0 Å². The van der Waals surface area contributed by atoms with Crippen LogP contribution in [0.4, 0.5) is 13.2 Å². The predicted molar refractivity (Wildman–Crippen MR) is 71.5 cm³/mol. The minimum atomic E-state index is -4.82. The van der Waals surface area contributed by atoms with Crippen molar-refractivity contribution in [1.29, 1.82) is 0 Å². The summed E-state index contributed by atoms with van der Waals surface area (Å²) in [5.41, 5.74) is -0.0917. The zero-order valence-electron chi connectivity index (χ0n) is 11.9. The Kier molecular flexibility index (Phi) is 3.76. The molecule has 1 aromatic carbocycles. The summed E-state index contributed by atoms with van der Waals surface area (Å²) in [5.74, 6) is -0.882. The quantitative estimate of drug-likeness (QED) is 0.842. The van der Waals surface area contributed by atoms with E-state index in [1.54, 1.807) is 4.90 Å². The molecule has 120 valence electrons. The zero-order chi connectivity index (χ0) is 15.8. The lowest BCUT2D eigenvalue weighted by atomic mass is 9.87. The molecule has 22 heavy (non-hydrogen) atoms. The molecule has 2 aliphatic heterocycles. The van der Waals surface area contributed by atoms with Gasteiger partial charge >= 0.3 is 6.36 Å². The fourth-order valence-corrected chi connectivity index (χ4v) is 3.11. The molecule has 0 aliphatic carbocycles. The van der Waals surface area contributed by atoms with Crippen LogP contribution in [0.5, 0.6) is 5.75 Å². The minimum absolute atomic E-state index is 0.0323. The van der Waals surface area contributed by atoms with Gasteiger partial charge in [-0.3, -0.25) is 4.79 Å². The van der Waals surface area contributed by atoms with E-state index in [0.717, 1.165) is 18.9 Å². The number of alkyl halides is 3. The number of hydrogen-bond donors (Lipinski definition) is 0. The second kappa shape index (κ2) is 5.46. The maximum atomic E-state index is 12.5. The predicted octanol–water partition coefficient (Wildman–Crippen LogP) is 2.84. The topological polar surface area (TPSA) is 38.8 Å². The lowest BCUT2D eigenvalue weighted by molar-refractivity contribution is -0.274. The van der Waals surface area contributed by atoms with E-state index in [4.69, 9.17) is 4.74 Å². The van der Waals surface area contributed by atoms with E-state index in [-0.39, 0.29) is 11.0 Å². The highest BCUT2D eigenvalue weighted by Gasteiger charge is 2.43. The third-order valence-corrected chi connectivity index (χ3v) is 4.25. The van der Waals surface area contributed by atoms with Crippen LogP contribution in [-0.4, -0.2) is 43.5 Å². The highest BCUT2D eigenvalue weighted by Crippen LogP contribution is 2.39. The fraction of sp³-hybridized carbons (Fsp3) is 0.533. The van der Waals surface area contributed by atoms with Gasteiger partial charge in [-0.05, 0) is 25.0 Å². The Labute approximate surface area is 125 Å². The SMILES string of the molecule is O=C(c1ccccc1OC(F)(F)F)N1CC[C@]2(CCOC2)C1. The molecule has 2 heterocycles. The van der Waals surface area contributed by atoms with Crippen molar-refractivity contribution < 1.29 is 27.4 Å². The molecule has 2 saturated heterocycles. The van der Waals surface area contributed by atoms with E-state index in [9.17, 15) is 18.0 Å². The summed E-state index contributed by atoms with van der Waals surface area (Å²) in [4.78, 5) is 14.1. The zero-order valence-corrected chi connectivity index (χ0v) is 11.9. The van der Waals surface area contributed by atoms with Crippen LogP contribution in [-0.2, 0) is 4.74 Å². The van der Waals surface area contributed by atoms with E-state index < -0.39 is 18.0 Å². The Hall–Kier alpha value is -1.76. The van der Waals surface area contributed by atoms with Crippen LogP contribution in [0.25, 0.3) is 0 Å². The van der Waals surface area contributed by atoms with Gasteiger partial charge in [-0.2, -0.15) is 0 Å². The van der Waals surface area contributed by atoms with Crippen molar-refractivity contribution in [3.05, 3.63) is 29.8 Å². The van der Waals surface area contributed by atoms with Gasteiger partial charge in [0.15, 0.2) is 0 Å². The first-order valence-electron chi connectivity index (χ1n) is 7.10. The molecule has 1 atom stereocenters. The van der Waals surface area contributed by atoms with Crippen LogP contribution in [0, 0.1) is 5.41 Å². The summed E-state index contributed by atoms with van der Waals surface area (Å²) in [7, 11) is 0. The van der Waals surface area contributed by atoms with E-state index in [1.165, 1.54) is 18.2 Å². The maximum absolute atomic E-state index is 12.5. The summed E-state index contributed by atoms with van der Waals surface area (Å²) in [5, 5.41) is 0. The molecule has 2 aliphatic rings. The molecule has 7 heteroatoms. The Bertz CT molecular complexity index is 567. The van der Waals surface area contributed by atoms with Crippen LogP contribution in [0.2, 0.25) is 0 Å². The lowest BCUT2D eigenvalue weighted by Crippen LogP contribution is -2.33. The van der Waals surface area contributed by atoms with Crippen LogP contribution >= 0.6 is 0 Å². The van der Waals surface area contributed by atoms with E-state index >= 15 is 0 Å². The number of nitrogens with zero attached hydrogens (tertiary/aromatic N) is 1. The molecular formula is C15H16F3NO3. The maximum Gasteiger partial charge on any atom is 0.573 e. The normalized spacial score (nSPS) is 25.0. The number of para-hydroxylation sites is 1. The number of carbonyl (C=O) groups is 1. The van der Waals surface area contributed by atoms with E-state index in [2.05, 4.69) is 4.74 Å². The third-order valence-electron chi connectivity index (χ3n) is 4.25. The average Bonchev–Trinajstić information content (AvgIpc) is 3.08. The summed E-state index contributed by atoms with van der Waals surface area (Å²) < 4.78 is 46.7. The number of benzene rings is 1. The number of halogens is 3. The van der Waals surface area contributed by atoms with Crippen molar-refractivity contribution in [2.24, 2.45) is 5.41 Å². The highest BCUT2D eigenvalue weighted by atomic mass is 19.4. The molecule has 1 aromatic rings. The van der Waals surface area contributed by atoms with E-state index in [0.29, 0.717) is 26.3 Å². The number of rotatable bonds is 2. The summed E-state index contributed by atoms with van der Waals surface area (Å²) >= 11 is 0. The highest BCUT2D eigenvalue weighted by molar-refractivity contribution is 5.97. The number of carbonyl (C=O) groups excluding carboxylic acids is 1. The Morgan fingerprint density at radius 2 is 2.05 bits per heavy atom. The summed E-state index contributed by atoms with van der Waals surface area (Å²) in [6.45, 7) is 2.34. The Morgan fingerprint density at radius 3 is 2.73 bits per heavy atom. The molecule has 0 saturated carbocycles. The first-order valence-corrected chi connectivity index (χ1v) is 7.10. The van der Waals surface area contributed by atoms with Crippen molar-refractivity contribution in [2.75, 3.05) is 26.3 Å². The van der Waals surface area contributed by atoms with Gasteiger partial charge in [-0.15, -0.1) is 13.2 Å². The van der Waals surface area contributed by atoms with Crippen molar-refractivity contribution >= 4 is 5.91 Å². The summed E-state index contributed by atoms with van der Waals surface area (Å²) in [6.07, 6.45) is -3.11. The van der Waals surface area contributed by atoms with Gasteiger partial charge < -0.3 is 14.4 Å². The monoisotopic (exact) mass is 315 g/mol. The van der Waals surface area contributed by atoms with Crippen molar-refractivity contribution in [3.63, 3.8) is 0 Å². The fourth-order valence-electron chi connectivity index (χ4n) is 3.11. The molecule has 3 rings (SSSR count). The number of amides is 1. The Morgan fingerprint density at radius 1 is 1.27 bits per heavy atom. The van der Waals surface area contributed by atoms with Crippen LogP contribution in [0.1, 0.15) is 23.2 Å². The van der Waals surface area contributed by atoms with Gasteiger partial charge in [0.2, 0.25) is 0 Å². The van der Waals surface area contributed by atoms with Crippen LogP contribution in [0.15, 0.2) is 24.3 Å². The largest absolute Gasteiger partial charge is 0.573 e. The molecule has 2 fully saturated rings. The van der Waals surface area contributed by atoms with Crippen LogP contribution in [0.3, 0.4) is 0 Å². The second-order valence-electron chi connectivity index (χ2n) is 5.82. The van der Waals surface area contributed by atoms with Gasteiger partial charge in [0, 0.05) is 25.1 Å². The number of likely N-dealkylation sites (tertiary alicyclic amines) is 1. The second-order valence-corrected chi connectivity index (χ2v) is 5.82. The van der Waals surface area contributed by atoms with Gasteiger partial charge in [0.1, 0.15) is 5.75 Å². The molecule has 4 nitrogen and oxygen atoms in total. The van der Waals surface area contributed by atoms with Crippen molar-refractivity contribution in [2.45, 2.75) is 19.2 Å². The van der Waals surface area contributed by atoms with Crippen LogP contribution < -0.4 is 4.74 Å². The first-order chi connectivity index (χ1) is 10.4. The van der Waals surface area contributed by atoms with Gasteiger partial charge in [-0.1, -0.05) is 12.1 Å². The standard InChI is InChI=1S/C15H16F3NO3/c16-15(17,18)22-12-4-2-1-3-11(12)13(20)19-7-5-14(9-19)6-8-21-10-14/h1-4H,5-10H2/t14-/m0/s1. The molecule has 0 aromatic heterocycles. The molecular weight excluding hydrogens is 299 g/mol. The van der Waals surface area contributed by atoms with Gasteiger partial charge in [0.05, 0.1) is 12.2 Å². The first kappa shape index (κ1) is 15.1. The minimum Gasteiger partial charge on any atom is -0.405 e. The number of hydrogen-bond acceptors (Lipinski definition) is 3. The average molecular weight is 315 g/mol.